The third kappa shape index (κ3) is 6.88. The summed E-state index contributed by atoms with van der Waals surface area (Å²) >= 11 is 0. The Hall–Kier alpha value is -2.06. The molecule has 2 aromatic heterocycles. The van der Waals surface area contributed by atoms with Gasteiger partial charge in [0, 0.05) is 31.4 Å². The zero-order valence-electron chi connectivity index (χ0n) is 14.9. The normalized spacial score (nSPS) is 16.6. The highest BCUT2D eigenvalue weighted by Crippen LogP contribution is 2.18. The molecule has 1 saturated heterocycles. The van der Waals surface area contributed by atoms with Crippen molar-refractivity contribution in [2.75, 3.05) is 18.4 Å². The number of furan rings is 1. The predicted octanol–water partition coefficient (Wildman–Crippen LogP) is 3.03. The lowest BCUT2D eigenvalue weighted by Gasteiger charge is -2.16. The average molecular weight is 415 g/mol. The molecule has 0 spiro atoms. The summed E-state index contributed by atoms with van der Waals surface area (Å²) in [5.41, 5.74) is 2.34. The number of rotatable bonds is 6. The van der Waals surface area contributed by atoms with Crippen LogP contribution in [0.2, 0.25) is 0 Å². The van der Waals surface area contributed by atoms with Gasteiger partial charge in [-0.1, -0.05) is 0 Å². The Kier molecular flexibility index (Phi) is 9.31. The van der Waals surface area contributed by atoms with Crippen LogP contribution in [0.1, 0.15) is 23.5 Å². The van der Waals surface area contributed by atoms with E-state index in [-0.39, 0.29) is 24.8 Å². The molecule has 0 saturated carbocycles. The molecule has 1 aliphatic heterocycles. The van der Waals surface area contributed by atoms with Gasteiger partial charge in [-0.05, 0) is 49.2 Å². The Morgan fingerprint density at radius 3 is 2.81 bits per heavy atom. The molecule has 1 aliphatic rings. The van der Waals surface area contributed by atoms with Crippen molar-refractivity contribution >= 4 is 42.6 Å². The highest BCUT2D eigenvalue weighted by molar-refractivity contribution is 5.90. The van der Waals surface area contributed by atoms with Gasteiger partial charge in [-0.3, -0.25) is 14.9 Å². The van der Waals surface area contributed by atoms with E-state index in [4.69, 9.17) is 9.62 Å². The van der Waals surface area contributed by atoms with Gasteiger partial charge < -0.3 is 9.73 Å². The summed E-state index contributed by atoms with van der Waals surface area (Å²) < 4.78 is 5.64. The summed E-state index contributed by atoms with van der Waals surface area (Å²) in [7, 11) is 0. The number of nitrogens with one attached hydrogen (secondary N) is 2. The highest BCUT2D eigenvalue weighted by Gasteiger charge is 2.23. The fraction of sp³-hybridized carbons (Fsp3) is 0.333. The van der Waals surface area contributed by atoms with E-state index in [9.17, 15) is 4.79 Å². The first-order chi connectivity index (χ1) is 12.1. The molecule has 0 unspecified atom stereocenters. The molecule has 3 N–H and O–H groups in total. The minimum absolute atomic E-state index is 0. The summed E-state index contributed by atoms with van der Waals surface area (Å²) in [5.74, 6) is 2.18. The van der Waals surface area contributed by atoms with Crippen molar-refractivity contribution in [1.82, 2.24) is 15.4 Å². The Morgan fingerprint density at radius 2 is 2.19 bits per heavy atom. The monoisotopic (exact) mass is 414 g/mol. The van der Waals surface area contributed by atoms with Crippen LogP contribution in [-0.4, -0.2) is 40.1 Å². The van der Waals surface area contributed by atoms with Crippen molar-refractivity contribution in [2.24, 2.45) is 0 Å². The lowest BCUT2D eigenvalue weighted by atomic mass is 10.2. The van der Waals surface area contributed by atoms with Gasteiger partial charge in [0.05, 0.1) is 6.54 Å². The zero-order valence-corrected chi connectivity index (χ0v) is 16.6. The van der Waals surface area contributed by atoms with Crippen LogP contribution in [0.3, 0.4) is 0 Å². The fourth-order valence-corrected chi connectivity index (χ4v) is 2.89. The number of amides is 1. The molecule has 3 heterocycles. The third-order valence-corrected chi connectivity index (χ3v) is 4.12. The molecule has 1 amide bonds. The van der Waals surface area contributed by atoms with E-state index >= 15 is 0 Å². The van der Waals surface area contributed by atoms with Crippen molar-refractivity contribution < 1.29 is 14.4 Å². The molecule has 3 rings (SSSR count). The fourth-order valence-electron chi connectivity index (χ4n) is 2.89. The standard InChI is InChI=1S/C18H22N4O3.2ClH/c1-13-2-5-16(25-13)12-22-9-8-15(11-22)20-17-6-3-14(10-19-17)4-7-18(23)21-24;;/h2-7,10,15,24H,8-9,11-12H2,1H3,(H,19,20)(H,21,23);2*1H/t15-;;/m1../s1. The quantitative estimate of drug-likeness (QED) is 0.382. The molecule has 1 atom stereocenters. The summed E-state index contributed by atoms with van der Waals surface area (Å²) in [5, 5.41) is 11.9. The van der Waals surface area contributed by atoms with Crippen molar-refractivity contribution in [3.8, 4) is 0 Å². The van der Waals surface area contributed by atoms with Crippen molar-refractivity contribution in [3.05, 3.63) is 53.6 Å². The second-order valence-electron chi connectivity index (χ2n) is 6.16. The van der Waals surface area contributed by atoms with E-state index in [0.29, 0.717) is 6.04 Å². The number of carbonyl (C=O) groups excluding carboxylic acids is 1. The molecule has 9 heteroatoms. The van der Waals surface area contributed by atoms with Gasteiger partial charge in [-0.15, -0.1) is 24.8 Å². The topological polar surface area (TPSA) is 90.6 Å². The molecule has 0 radical (unpaired) electrons. The Bertz CT molecular complexity index is 749. The number of anilines is 1. The lowest BCUT2D eigenvalue weighted by molar-refractivity contribution is -0.124. The SMILES string of the molecule is Cc1ccc(CN2CC[C@@H](Nc3ccc(C=CC(=O)NO)cn3)C2)o1.Cl.Cl. The minimum Gasteiger partial charge on any atom is -0.465 e. The second kappa shape index (κ2) is 10.9. The molecule has 0 bridgehead atoms. The number of hydroxylamine groups is 1. The molecular weight excluding hydrogens is 391 g/mol. The van der Waals surface area contributed by atoms with Crippen LogP contribution >= 0.6 is 24.8 Å². The van der Waals surface area contributed by atoms with Crippen molar-refractivity contribution in [2.45, 2.75) is 25.9 Å². The van der Waals surface area contributed by atoms with E-state index in [1.807, 2.05) is 31.2 Å². The molecule has 7 nitrogen and oxygen atoms in total. The summed E-state index contributed by atoms with van der Waals surface area (Å²) in [4.78, 5) is 17.7. The third-order valence-electron chi connectivity index (χ3n) is 4.12. The van der Waals surface area contributed by atoms with Crippen LogP contribution < -0.4 is 10.8 Å². The summed E-state index contributed by atoms with van der Waals surface area (Å²) in [6.07, 6.45) is 5.57. The van der Waals surface area contributed by atoms with Crippen LogP contribution in [0, 0.1) is 6.92 Å². The van der Waals surface area contributed by atoms with E-state index in [1.54, 1.807) is 17.8 Å². The number of likely N-dealkylation sites (tertiary alicyclic amines) is 1. The minimum atomic E-state index is -0.569. The zero-order chi connectivity index (χ0) is 17.6. The number of hydrogen-bond acceptors (Lipinski definition) is 6. The van der Waals surface area contributed by atoms with Gasteiger partial charge in [-0.25, -0.2) is 10.5 Å². The van der Waals surface area contributed by atoms with E-state index in [2.05, 4.69) is 15.2 Å². The maximum Gasteiger partial charge on any atom is 0.267 e. The first-order valence-electron chi connectivity index (χ1n) is 8.25. The van der Waals surface area contributed by atoms with Gasteiger partial charge >= 0.3 is 0 Å². The van der Waals surface area contributed by atoms with Crippen LogP contribution in [0.4, 0.5) is 5.82 Å². The van der Waals surface area contributed by atoms with Crippen molar-refractivity contribution in [3.63, 3.8) is 0 Å². The number of halogens is 2. The van der Waals surface area contributed by atoms with Crippen LogP contribution in [-0.2, 0) is 11.3 Å². The molecule has 148 valence electrons. The van der Waals surface area contributed by atoms with Crippen LogP contribution in [0.5, 0.6) is 0 Å². The number of hydrogen-bond donors (Lipinski definition) is 3. The van der Waals surface area contributed by atoms with Gasteiger partial charge in [0.2, 0.25) is 0 Å². The Labute approximate surface area is 170 Å². The molecule has 1 fully saturated rings. The van der Waals surface area contributed by atoms with Gasteiger partial charge in [0.25, 0.3) is 5.91 Å². The number of aryl methyl sites for hydroxylation is 1. The predicted molar refractivity (Wildman–Crippen MR) is 108 cm³/mol. The first kappa shape index (κ1) is 23.0. The van der Waals surface area contributed by atoms with Crippen LogP contribution in [0.25, 0.3) is 6.08 Å². The Balaban J connectivity index is 0.00000182. The molecular formula is C18H24Cl2N4O3. The number of nitrogens with zero attached hydrogens (tertiary/aromatic N) is 2. The van der Waals surface area contributed by atoms with E-state index < -0.39 is 5.91 Å². The molecule has 0 aliphatic carbocycles. The maximum absolute atomic E-state index is 11.0. The highest BCUT2D eigenvalue weighted by atomic mass is 35.5. The number of aromatic nitrogens is 1. The van der Waals surface area contributed by atoms with Gasteiger partial charge in [0.1, 0.15) is 17.3 Å². The lowest BCUT2D eigenvalue weighted by Crippen LogP contribution is -2.26. The maximum atomic E-state index is 11.0. The summed E-state index contributed by atoms with van der Waals surface area (Å²) in [6, 6.07) is 8.13. The van der Waals surface area contributed by atoms with Gasteiger partial charge in [0.15, 0.2) is 0 Å². The molecule has 2 aromatic rings. The molecule has 0 aromatic carbocycles. The van der Waals surface area contributed by atoms with E-state index in [0.717, 1.165) is 49.0 Å². The van der Waals surface area contributed by atoms with Gasteiger partial charge in [-0.2, -0.15) is 0 Å². The number of carbonyl (C=O) groups is 1. The smallest absolute Gasteiger partial charge is 0.267 e. The van der Waals surface area contributed by atoms with E-state index in [1.165, 1.54) is 6.08 Å². The summed E-state index contributed by atoms with van der Waals surface area (Å²) in [6.45, 7) is 4.75. The van der Waals surface area contributed by atoms with Crippen molar-refractivity contribution in [1.29, 1.82) is 0 Å². The second-order valence-corrected chi connectivity index (χ2v) is 6.16. The largest absolute Gasteiger partial charge is 0.465 e. The number of pyridine rings is 1. The average Bonchev–Trinajstić information content (AvgIpc) is 3.23. The van der Waals surface area contributed by atoms with Crippen LogP contribution in [0.15, 0.2) is 41.0 Å². The first-order valence-corrected chi connectivity index (χ1v) is 8.25. The molecule has 27 heavy (non-hydrogen) atoms. The Morgan fingerprint density at radius 1 is 1.37 bits per heavy atom.